The normalized spacial score (nSPS) is 11.3. The zero-order chi connectivity index (χ0) is 13.8. The minimum Gasteiger partial charge on any atom is -0.494 e. The summed E-state index contributed by atoms with van der Waals surface area (Å²) in [6.07, 6.45) is -3.66. The summed E-state index contributed by atoms with van der Waals surface area (Å²) in [5.41, 5.74) is 5.14. The monoisotopic (exact) mass is 277 g/mol. The zero-order valence-corrected chi connectivity index (χ0v) is 10.7. The number of benzene rings is 1. The number of hydrogen-bond donors (Lipinski definition) is 1. The van der Waals surface area contributed by atoms with Gasteiger partial charge in [0.05, 0.1) is 17.2 Å². The first-order valence-corrected chi connectivity index (χ1v) is 5.86. The van der Waals surface area contributed by atoms with Crippen LogP contribution >= 0.6 is 12.2 Å². The van der Waals surface area contributed by atoms with E-state index in [1.807, 2.05) is 0 Å². The summed E-state index contributed by atoms with van der Waals surface area (Å²) in [7, 11) is 0. The van der Waals surface area contributed by atoms with Crippen molar-refractivity contribution in [2.24, 2.45) is 5.73 Å². The van der Waals surface area contributed by atoms with Crippen LogP contribution < -0.4 is 10.5 Å². The van der Waals surface area contributed by atoms with Gasteiger partial charge >= 0.3 is 6.18 Å². The van der Waals surface area contributed by atoms with E-state index in [0.717, 1.165) is 12.1 Å². The first kappa shape index (κ1) is 14.8. The molecule has 0 aliphatic heterocycles. The highest BCUT2D eigenvalue weighted by Gasteiger charge is 2.31. The van der Waals surface area contributed by atoms with Crippen LogP contribution in [0.2, 0.25) is 0 Å². The Hall–Kier alpha value is -1.30. The maximum atomic E-state index is 12.6. The van der Waals surface area contributed by atoms with Gasteiger partial charge in [0.25, 0.3) is 0 Å². The van der Waals surface area contributed by atoms with Crippen molar-refractivity contribution in [2.75, 3.05) is 6.61 Å². The number of nitrogens with two attached hydrogens (primary N) is 1. The van der Waals surface area contributed by atoms with E-state index in [1.54, 1.807) is 6.92 Å². The van der Waals surface area contributed by atoms with Crippen molar-refractivity contribution in [3.63, 3.8) is 0 Å². The molecule has 0 aromatic heterocycles. The van der Waals surface area contributed by atoms with Crippen molar-refractivity contribution in [2.45, 2.75) is 25.9 Å². The molecule has 100 valence electrons. The van der Waals surface area contributed by atoms with Crippen LogP contribution in [-0.2, 0) is 12.6 Å². The maximum Gasteiger partial charge on any atom is 0.416 e. The lowest BCUT2D eigenvalue weighted by atomic mass is 10.0. The summed E-state index contributed by atoms with van der Waals surface area (Å²) in [6, 6.07) is 3.43. The number of rotatable bonds is 5. The lowest BCUT2D eigenvalue weighted by Crippen LogP contribution is -2.11. The molecule has 0 aliphatic carbocycles. The van der Waals surface area contributed by atoms with Crippen molar-refractivity contribution < 1.29 is 17.9 Å². The third-order valence-electron chi connectivity index (χ3n) is 2.33. The van der Waals surface area contributed by atoms with E-state index in [2.05, 4.69) is 0 Å². The van der Waals surface area contributed by atoms with Gasteiger partial charge in [-0.3, -0.25) is 0 Å². The highest BCUT2D eigenvalue weighted by atomic mass is 32.1. The molecule has 6 heteroatoms. The Bertz CT molecular complexity index is 432. The molecule has 0 bridgehead atoms. The molecule has 1 rings (SSSR count). The van der Waals surface area contributed by atoms with Gasteiger partial charge < -0.3 is 10.5 Å². The van der Waals surface area contributed by atoms with Crippen molar-refractivity contribution in [1.29, 1.82) is 0 Å². The Morgan fingerprint density at radius 3 is 2.56 bits per heavy atom. The summed E-state index contributed by atoms with van der Waals surface area (Å²) in [6.45, 7) is 2.17. The maximum absolute atomic E-state index is 12.6. The van der Waals surface area contributed by atoms with Gasteiger partial charge in [-0.25, -0.2) is 0 Å². The molecule has 0 aliphatic rings. The molecule has 0 atom stereocenters. The summed E-state index contributed by atoms with van der Waals surface area (Å²) >= 11 is 4.72. The van der Waals surface area contributed by atoms with Crippen LogP contribution in [0.25, 0.3) is 0 Å². The molecule has 2 nitrogen and oxygen atoms in total. The zero-order valence-electron chi connectivity index (χ0n) is 9.88. The van der Waals surface area contributed by atoms with Crippen LogP contribution in [0.3, 0.4) is 0 Å². The lowest BCUT2D eigenvalue weighted by Gasteiger charge is -2.13. The van der Waals surface area contributed by atoms with Crippen molar-refractivity contribution in [3.05, 3.63) is 29.3 Å². The van der Waals surface area contributed by atoms with Crippen molar-refractivity contribution >= 4 is 17.2 Å². The molecule has 18 heavy (non-hydrogen) atoms. The Labute approximate surface area is 109 Å². The molecule has 0 saturated carbocycles. The largest absolute Gasteiger partial charge is 0.494 e. The van der Waals surface area contributed by atoms with Gasteiger partial charge in [-0.2, -0.15) is 13.2 Å². The smallest absolute Gasteiger partial charge is 0.416 e. The SMILES string of the molecule is CCOc1ccc(C(F)(F)F)cc1CCC(N)=S. The fourth-order valence-electron chi connectivity index (χ4n) is 1.51. The minimum absolute atomic E-state index is 0.273. The van der Waals surface area contributed by atoms with E-state index < -0.39 is 11.7 Å². The third kappa shape index (κ3) is 4.18. The fourth-order valence-corrected chi connectivity index (χ4v) is 1.61. The van der Waals surface area contributed by atoms with Gasteiger partial charge in [-0.05, 0) is 37.1 Å². The van der Waals surface area contributed by atoms with Crippen LogP contribution in [0.15, 0.2) is 18.2 Å². The molecule has 2 N–H and O–H groups in total. The van der Waals surface area contributed by atoms with E-state index in [1.165, 1.54) is 6.07 Å². The van der Waals surface area contributed by atoms with Crippen LogP contribution in [0, 0.1) is 0 Å². The molecule has 1 aromatic carbocycles. The second-order valence-corrected chi connectivity index (χ2v) is 4.24. The van der Waals surface area contributed by atoms with Gasteiger partial charge in [-0.15, -0.1) is 0 Å². The number of ether oxygens (including phenoxy) is 1. The molecular weight excluding hydrogens is 263 g/mol. The van der Waals surface area contributed by atoms with E-state index in [9.17, 15) is 13.2 Å². The second kappa shape index (κ2) is 6.04. The van der Waals surface area contributed by atoms with Gasteiger partial charge in [0.2, 0.25) is 0 Å². The van der Waals surface area contributed by atoms with Gasteiger partial charge in [0.15, 0.2) is 0 Å². The quantitative estimate of drug-likeness (QED) is 0.839. The molecule has 0 amide bonds. The predicted octanol–water partition coefficient (Wildman–Crippen LogP) is 3.32. The standard InChI is InChI=1S/C12H14F3NOS/c1-2-17-10-5-4-9(12(13,14)15)7-8(10)3-6-11(16)18/h4-5,7H,2-3,6H2,1H3,(H2,16,18). The minimum atomic E-state index is -4.36. The average molecular weight is 277 g/mol. The fraction of sp³-hybridized carbons (Fsp3) is 0.417. The summed E-state index contributed by atoms with van der Waals surface area (Å²) in [5, 5.41) is 0. The third-order valence-corrected chi connectivity index (χ3v) is 2.53. The van der Waals surface area contributed by atoms with E-state index in [-0.39, 0.29) is 4.99 Å². The summed E-state index contributed by atoms with van der Waals surface area (Å²) < 4.78 is 43.1. The van der Waals surface area contributed by atoms with Crippen molar-refractivity contribution in [1.82, 2.24) is 0 Å². The first-order chi connectivity index (χ1) is 8.34. The number of hydrogen-bond acceptors (Lipinski definition) is 2. The predicted molar refractivity (Wildman–Crippen MR) is 67.7 cm³/mol. The Morgan fingerprint density at radius 2 is 2.06 bits per heavy atom. The molecule has 0 fully saturated rings. The molecule has 0 saturated heterocycles. The molecule has 1 aromatic rings. The summed E-state index contributed by atoms with van der Waals surface area (Å²) in [5.74, 6) is 0.446. The Balaban J connectivity index is 3.03. The highest BCUT2D eigenvalue weighted by Crippen LogP contribution is 2.33. The van der Waals surface area contributed by atoms with E-state index in [4.69, 9.17) is 22.7 Å². The molecule has 0 unspecified atom stereocenters. The first-order valence-electron chi connectivity index (χ1n) is 5.45. The van der Waals surface area contributed by atoms with Gasteiger partial charge in [-0.1, -0.05) is 12.2 Å². The van der Waals surface area contributed by atoms with Crippen LogP contribution in [-0.4, -0.2) is 11.6 Å². The topological polar surface area (TPSA) is 35.2 Å². The van der Waals surface area contributed by atoms with Crippen LogP contribution in [0.5, 0.6) is 5.75 Å². The number of thiocarbonyl (C=S) groups is 1. The van der Waals surface area contributed by atoms with E-state index in [0.29, 0.717) is 30.8 Å². The lowest BCUT2D eigenvalue weighted by molar-refractivity contribution is -0.137. The highest BCUT2D eigenvalue weighted by molar-refractivity contribution is 7.80. The van der Waals surface area contributed by atoms with Crippen LogP contribution in [0.1, 0.15) is 24.5 Å². The van der Waals surface area contributed by atoms with Gasteiger partial charge in [0.1, 0.15) is 5.75 Å². The Morgan fingerprint density at radius 1 is 1.39 bits per heavy atom. The number of alkyl halides is 3. The van der Waals surface area contributed by atoms with E-state index >= 15 is 0 Å². The van der Waals surface area contributed by atoms with Crippen LogP contribution in [0.4, 0.5) is 13.2 Å². The molecule has 0 heterocycles. The Kier molecular flexibility index (Phi) is 4.95. The van der Waals surface area contributed by atoms with Gasteiger partial charge in [0, 0.05) is 6.42 Å². The van der Waals surface area contributed by atoms with Crippen molar-refractivity contribution in [3.8, 4) is 5.75 Å². The molecular formula is C12H14F3NOS. The molecule has 0 radical (unpaired) electrons. The molecule has 0 spiro atoms. The number of aryl methyl sites for hydroxylation is 1. The average Bonchev–Trinajstić information content (AvgIpc) is 2.26. The summed E-state index contributed by atoms with van der Waals surface area (Å²) in [4.78, 5) is 0.273. The second-order valence-electron chi connectivity index (χ2n) is 3.72. The number of halogens is 3.